The minimum absolute atomic E-state index is 0.0361. The Morgan fingerprint density at radius 3 is 2.68 bits per heavy atom. The summed E-state index contributed by atoms with van der Waals surface area (Å²) < 4.78 is 35.3. The molecule has 0 aliphatic carbocycles. The second-order valence-electron chi connectivity index (χ2n) is 8.06. The van der Waals surface area contributed by atoms with Crippen LogP contribution in [-0.2, 0) is 21.4 Å². The molecule has 2 aromatic carbocycles. The lowest BCUT2D eigenvalue weighted by molar-refractivity contribution is -0.116. The molecule has 1 aliphatic heterocycles. The molecule has 1 aliphatic rings. The quantitative estimate of drug-likeness (QED) is 0.433. The molecule has 1 fully saturated rings. The van der Waals surface area contributed by atoms with Crippen LogP contribution in [0.2, 0.25) is 0 Å². The number of rotatable bonds is 7. The number of aryl methyl sites for hydroxylation is 1. The van der Waals surface area contributed by atoms with Crippen molar-refractivity contribution in [1.82, 2.24) is 18.7 Å². The number of carbonyl (C=O) groups is 1. The summed E-state index contributed by atoms with van der Waals surface area (Å²) in [7, 11) is -3.62. The Balaban J connectivity index is 1.30. The molecule has 11 heteroatoms. The largest absolute Gasteiger partial charge is 0.419 e. The Morgan fingerprint density at radius 2 is 1.91 bits per heavy atom. The molecule has 10 nitrogen and oxygen atoms in total. The summed E-state index contributed by atoms with van der Waals surface area (Å²) in [4.78, 5) is 25.0. The number of hydrogen-bond donors (Lipinski definition) is 1. The molecular weight excluding hydrogens is 458 g/mol. The average Bonchev–Trinajstić information content (AvgIpc) is 3.59. The number of sulfonamides is 1. The number of carbonyl (C=O) groups excluding carboxylic acids is 1. The van der Waals surface area contributed by atoms with E-state index < -0.39 is 15.8 Å². The van der Waals surface area contributed by atoms with Crippen molar-refractivity contribution in [3.63, 3.8) is 0 Å². The first-order valence-corrected chi connectivity index (χ1v) is 12.4. The number of aromatic nitrogens is 3. The number of fused-ring (bicyclic) bond motifs is 1. The predicted molar refractivity (Wildman–Crippen MR) is 125 cm³/mol. The summed E-state index contributed by atoms with van der Waals surface area (Å²) in [6.07, 6.45) is 5.18. The average molecular weight is 482 g/mol. The van der Waals surface area contributed by atoms with Crippen molar-refractivity contribution in [1.29, 1.82) is 0 Å². The van der Waals surface area contributed by atoms with Crippen molar-refractivity contribution in [3.8, 4) is 5.69 Å². The summed E-state index contributed by atoms with van der Waals surface area (Å²) in [6.45, 7) is 1.07. The van der Waals surface area contributed by atoms with Gasteiger partial charge in [0.2, 0.25) is 15.9 Å². The Morgan fingerprint density at radius 1 is 1.09 bits per heavy atom. The SMILES string of the molecule is O=C(CCn1c(=O)oc2cc(S(=O)(=O)N3CCCC3)ccc21)Nc1cccc(-n2cccn2)c1. The third-order valence-electron chi connectivity index (χ3n) is 5.80. The first-order chi connectivity index (χ1) is 16.4. The molecule has 176 valence electrons. The molecule has 4 aromatic rings. The Hall–Kier alpha value is -3.70. The van der Waals surface area contributed by atoms with Gasteiger partial charge < -0.3 is 9.73 Å². The van der Waals surface area contributed by atoms with Crippen molar-refractivity contribution >= 4 is 32.7 Å². The minimum atomic E-state index is -3.62. The van der Waals surface area contributed by atoms with Gasteiger partial charge in [0, 0.05) is 50.2 Å². The third kappa shape index (κ3) is 4.27. The maximum absolute atomic E-state index is 12.8. The maximum atomic E-state index is 12.8. The predicted octanol–water partition coefficient (Wildman–Crippen LogP) is 2.59. The number of nitrogens with zero attached hydrogens (tertiary/aromatic N) is 4. The van der Waals surface area contributed by atoms with Crippen LogP contribution in [0.3, 0.4) is 0 Å². The molecule has 1 amide bonds. The van der Waals surface area contributed by atoms with E-state index >= 15 is 0 Å². The summed E-state index contributed by atoms with van der Waals surface area (Å²) in [5.74, 6) is -0.911. The van der Waals surface area contributed by atoms with Gasteiger partial charge in [0.25, 0.3) is 0 Å². The zero-order chi connectivity index (χ0) is 23.7. The highest BCUT2D eigenvalue weighted by atomic mass is 32.2. The van der Waals surface area contributed by atoms with E-state index in [-0.39, 0.29) is 29.4 Å². The van der Waals surface area contributed by atoms with E-state index in [1.54, 1.807) is 35.3 Å². The van der Waals surface area contributed by atoms with Gasteiger partial charge in [-0.2, -0.15) is 9.40 Å². The standard InChI is InChI=1S/C23H23N5O5S/c29-22(25-17-5-3-6-18(15-17)28-13-4-10-24-28)9-14-27-20-8-7-19(16-21(20)33-23(27)30)34(31,32)26-11-1-2-12-26/h3-8,10,13,15-16H,1-2,9,11-12,14H2,(H,25,29). The van der Waals surface area contributed by atoms with Crippen molar-refractivity contribution in [3.05, 3.63) is 71.5 Å². The zero-order valence-electron chi connectivity index (χ0n) is 18.3. The van der Waals surface area contributed by atoms with Gasteiger partial charge in [-0.3, -0.25) is 9.36 Å². The fourth-order valence-corrected chi connectivity index (χ4v) is 5.61. The molecule has 1 saturated heterocycles. The van der Waals surface area contributed by atoms with Crippen LogP contribution in [-0.4, -0.2) is 46.1 Å². The van der Waals surface area contributed by atoms with Gasteiger partial charge in [0.15, 0.2) is 5.58 Å². The van der Waals surface area contributed by atoms with E-state index in [1.807, 2.05) is 18.2 Å². The normalized spacial score (nSPS) is 14.6. The highest BCUT2D eigenvalue weighted by Gasteiger charge is 2.28. The molecule has 0 unspecified atom stereocenters. The number of amides is 1. The second-order valence-corrected chi connectivity index (χ2v) is 10.00. The van der Waals surface area contributed by atoms with Crippen LogP contribution in [0.1, 0.15) is 19.3 Å². The second kappa shape index (κ2) is 8.92. The monoisotopic (exact) mass is 481 g/mol. The number of hydrogen-bond acceptors (Lipinski definition) is 6. The highest BCUT2D eigenvalue weighted by molar-refractivity contribution is 7.89. The highest BCUT2D eigenvalue weighted by Crippen LogP contribution is 2.24. The van der Waals surface area contributed by atoms with Gasteiger partial charge >= 0.3 is 5.76 Å². The van der Waals surface area contributed by atoms with E-state index in [9.17, 15) is 18.0 Å². The maximum Gasteiger partial charge on any atom is 0.419 e. The summed E-state index contributed by atoms with van der Waals surface area (Å²) in [6, 6.07) is 13.5. The van der Waals surface area contributed by atoms with Crippen LogP contribution in [0, 0.1) is 0 Å². The molecule has 3 heterocycles. The molecule has 5 rings (SSSR count). The molecule has 0 saturated carbocycles. The van der Waals surface area contributed by atoms with Gasteiger partial charge in [0.1, 0.15) is 0 Å². The molecule has 1 N–H and O–H groups in total. The van der Waals surface area contributed by atoms with Crippen molar-refractivity contribution in [2.45, 2.75) is 30.7 Å². The van der Waals surface area contributed by atoms with Crippen LogP contribution >= 0.6 is 0 Å². The van der Waals surface area contributed by atoms with Crippen LogP contribution in [0.15, 0.2) is 75.0 Å². The summed E-state index contributed by atoms with van der Waals surface area (Å²) in [5.41, 5.74) is 2.04. The lowest BCUT2D eigenvalue weighted by Crippen LogP contribution is -2.27. The van der Waals surface area contributed by atoms with Gasteiger partial charge in [-0.05, 0) is 49.2 Å². The smallest absolute Gasteiger partial charge is 0.408 e. The van der Waals surface area contributed by atoms with Crippen molar-refractivity contribution in [2.24, 2.45) is 0 Å². The Kier molecular flexibility index (Phi) is 5.80. The first kappa shape index (κ1) is 22.1. The van der Waals surface area contributed by atoms with Gasteiger partial charge in [-0.1, -0.05) is 6.07 Å². The van der Waals surface area contributed by atoms with Crippen LogP contribution in [0.5, 0.6) is 0 Å². The number of benzene rings is 2. The molecule has 0 radical (unpaired) electrons. The molecule has 0 bridgehead atoms. The topological polar surface area (TPSA) is 119 Å². The minimum Gasteiger partial charge on any atom is -0.408 e. The van der Waals surface area contributed by atoms with Gasteiger partial charge in [-0.25, -0.2) is 17.9 Å². The van der Waals surface area contributed by atoms with E-state index in [1.165, 1.54) is 21.0 Å². The first-order valence-electron chi connectivity index (χ1n) is 11.0. The van der Waals surface area contributed by atoms with Gasteiger partial charge in [-0.15, -0.1) is 0 Å². The molecule has 2 aromatic heterocycles. The molecular formula is C23H23N5O5S. The molecule has 0 spiro atoms. The van der Waals surface area contributed by atoms with Crippen LogP contribution in [0.4, 0.5) is 5.69 Å². The van der Waals surface area contributed by atoms with Crippen LogP contribution in [0.25, 0.3) is 16.8 Å². The molecule has 0 atom stereocenters. The lowest BCUT2D eigenvalue weighted by Gasteiger charge is -2.15. The summed E-state index contributed by atoms with van der Waals surface area (Å²) >= 11 is 0. The fraction of sp³-hybridized carbons (Fsp3) is 0.261. The van der Waals surface area contributed by atoms with E-state index in [2.05, 4.69) is 10.4 Å². The fourth-order valence-electron chi connectivity index (χ4n) is 4.08. The number of nitrogens with one attached hydrogen (secondary N) is 1. The Labute approximate surface area is 195 Å². The lowest BCUT2D eigenvalue weighted by atomic mass is 10.2. The summed E-state index contributed by atoms with van der Waals surface area (Å²) in [5, 5.41) is 7.00. The van der Waals surface area contributed by atoms with E-state index in [0.29, 0.717) is 24.3 Å². The van der Waals surface area contributed by atoms with E-state index in [0.717, 1.165) is 18.5 Å². The number of oxazole rings is 1. The van der Waals surface area contributed by atoms with E-state index in [4.69, 9.17) is 4.42 Å². The van der Waals surface area contributed by atoms with Crippen molar-refractivity contribution in [2.75, 3.05) is 18.4 Å². The molecule has 34 heavy (non-hydrogen) atoms. The third-order valence-corrected chi connectivity index (χ3v) is 7.70. The zero-order valence-corrected chi connectivity index (χ0v) is 19.1. The van der Waals surface area contributed by atoms with Crippen molar-refractivity contribution < 1.29 is 17.6 Å². The van der Waals surface area contributed by atoms with Gasteiger partial charge in [0.05, 0.1) is 16.1 Å². The Bertz CT molecular complexity index is 1500. The van der Waals surface area contributed by atoms with Crippen LogP contribution < -0.4 is 11.1 Å². The number of anilines is 1.